The van der Waals surface area contributed by atoms with E-state index in [1.54, 1.807) is 0 Å². The monoisotopic (exact) mass is 850 g/mol. The number of carbonyl (C=O) groups is 3. The molecule has 0 unspecified atom stereocenters. The number of methoxy groups -OCH3 is 1. The minimum absolute atomic E-state index is 0.00702. The lowest BCUT2D eigenvalue weighted by molar-refractivity contribution is -0.135. The SMILES string of the molecule is COC(=O)N[C@H](C(=O)N1CCC[C@H]1c1ncc(-c2ccc([C@H]3CC[C@H](c4ccc(-c5cnc([C@@H]6CCCN6C(=O)CC(C)C)[nH]5)cc4)N3c3ccc(C4CC4)cc3)cc2)[nH]1)C(C)C. The third-order valence-corrected chi connectivity index (χ3v) is 13.7. The van der Waals surface area contributed by atoms with E-state index in [0.717, 1.165) is 79.2 Å². The lowest BCUT2D eigenvalue weighted by Crippen LogP contribution is -2.51. The number of imidazole rings is 2. The first-order chi connectivity index (χ1) is 30.6. The van der Waals surface area contributed by atoms with Gasteiger partial charge in [-0.05, 0) is 109 Å². The van der Waals surface area contributed by atoms with Gasteiger partial charge in [0.15, 0.2) is 0 Å². The zero-order valence-corrected chi connectivity index (χ0v) is 37.3. The van der Waals surface area contributed by atoms with Gasteiger partial charge in [-0.2, -0.15) is 0 Å². The van der Waals surface area contributed by atoms with Crippen LogP contribution in [-0.2, 0) is 14.3 Å². The molecule has 12 heteroatoms. The molecule has 63 heavy (non-hydrogen) atoms. The highest BCUT2D eigenvalue weighted by molar-refractivity contribution is 5.86. The Kier molecular flexibility index (Phi) is 12.2. The Labute approximate surface area is 371 Å². The zero-order valence-electron chi connectivity index (χ0n) is 37.3. The molecule has 1 saturated carbocycles. The van der Waals surface area contributed by atoms with Crippen LogP contribution in [0.15, 0.2) is 85.2 Å². The number of alkyl carbamates (subject to hydrolysis) is 1. The van der Waals surface area contributed by atoms with Gasteiger partial charge in [-0.1, -0.05) is 88.4 Å². The Hall–Kier alpha value is -5.91. The number of ether oxygens (including phenoxy) is 1. The summed E-state index contributed by atoms with van der Waals surface area (Å²) in [6.45, 7) is 9.45. The maximum absolute atomic E-state index is 13.7. The number of aromatic nitrogens is 4. The Morgan fingerprint density at radius 1 is 0.667 bits per heavy atom. The van der Waals surface area contributed by atoms with Crippen molar-refractivity contribution in [2.24, 2.45) is 11.8 Å². The molecule has 0 radical (unpaired) electrons. The van der Waals surface area contributed by atoms with Gasteiger partial charge in [0.2, 0.25) is 11.8 Å². The third kappa shape index (κ3) is 8.86. The number of benzene rings is 3. The van der Waals surface area contributed by atoms with Crippen molar-refractivity contribution in [1.82, 2.24) is 35.1 Å². The third-order valence-electron chi connectivity index (χ3n) is 13.7. The van der Waals surface area contributed by atoms with Crippen molar-refractivity contribution in [3.05, 3.63) is 114 Å². The summed E-state index contributed by atoms with van der Waals surface area (Å²) in [7, 11) is 1.31. The molecular weight excluding hydrogens is 789 g/mol. The van der Waals surface area contributed by atoms with E-state index in [0.29, 0.717) is 24.8 Å². The molecule has 3 amide bonds. The van der Waals surface area contributed by atoms with Gasteiger partial charge in [0.1, 0.15) is 17.7 Å². The van der Waals surface area contributed by atoms with E-state index in [1.807, 2.05) is 36.0 Å². The first-order valence-corrected chi connectivity index (χ1v) is 23.2. The molecule has 12 nitrogen and oxygen atoms in total. The number of likely N-dealkylation sites (tertiary alicyclic amines) is 2. The molecule has 5 heterocycles. The van der Waals surface area contributed by atoms with Crippen LogP contribution in [0.1, 0.15) is 144 Å². The van der Waals surface area contributed by atoms with E-state index in [-0.39, 0.29) is 41.9 Å². The summed E-state index contributed by atoms with van der Waals surface area (Å²) in [4.78, 5) is 62.0. The van der Waals surface area contributed by atoms with E-state index < -0.39 is 12.1 Å². The maximum atomic E-state index is 13.7. The summed E-state index contributed by atoms with van der Waals surface area (Å²) >= 11 is 0. The van der Waals surface area contributed by atoms with Gasteiger partial charge in [-0.3, -0.25) is 9.59 Å². The lowest BCUT2D eigenvalue weighted by atomic mass is 10.0. The van der Waals surface area contributed by atoms with Gasteiger partial charge in [0.25, 0.3) is 0 Å². The van der Waals surface area contributed by atoms with Crippen molar-refractivity contribution in [1.29, 1.82) is 0 Å². The van der Waals surface area contributed by atoms with Crippen molar-refractivity contribution in [3.8, 4) is 22.5 Å². The molecule has 0 spiro atoms. The molecule has 9 rings (SSSR count). The first kappa shape index (κ1) is 42.4. The number of nitrogens with one attached hydrogen (secondary N) is 3. The first-order valence-electron chi connectivity index (χ1n) is 23.2. The second-order valence-electron chi connectivity index (χ2n) is 18.9. The van der Waals surface area contributed by atoms with Crippen molar-refractivity contribution < 1.29 is 19.1 Å². The Morgan fingerprint density at radius 3 is 1.67 bits per heavy atom. The zero-order chi connectivity index (χ0) is 43.8. The molecular formula is C51H62N8O4. The predicted molar refractivity (Wildman–Crippen MR) is 245 cm³/mol. The molecule has 2 aromatic heterocycles. The van der Waals surface area contributed by atoms with Crippen LogP contribution in [-0.4, -0.2) is 73.9 Å². The van der Waals surface area contributed by atoms with E-state index in [2.05, 4.69) is 107 Å². The minimum Gasteiger partial charge on any atom is -0.453 e. The second kappa shape index (κ2) is 18.1. The Balaban J connectivity index is 0.923. The molecule has 5 atom stereocenters. The maximum Gasteiger partial charge on any atom is 0.407 e. The van der Waals surface area contributed by atoms with Gasteiger partial charge >= 0.3 is 6.09 Å². The predicted octanol–water partition coefficient (Wildman–Crippen LogP) is 10.2. The summed E-state index contributed by atoms with van der Waals surface area (Å²) < 4.78 is 4.81. The summed E-state index contributed by atoms with van der Waals surface area (Å²) in [5.41, 5.74) is 9.24. The van der Waals surface area contributed by atoms with E-state index in [4.69, 9.17) is 14.7 Å². The van der Waals surface area contributed by atoms with E-state index >= 15 is 0 Å². The summed E-state index contributed by atoms with van der Waals surface area (Å²) in [6.07, 6.45) is 12.0. The number of rotatable bonds is 13. The van der Waals surface area contributed by atoms with Gasteiger partial charge in [0.05, 0.1) is 55.1 Å². The fourth-order valence-electron chi connectivity index (χ4n) is 10.2. The lowest BCUT2D eigenvalue weighted by Gasteiger charge is -2.33. The molecule has 4 aliphatic rings. The number of aromatic amines is 2. The standard InChI is InChI=1S/C51H62N8O4/c1-31(2)28-46(60)57-26-6-8-44(57)48-52-29-40(54-48)35-12-16-37(17-13-35)42-24-25-43(59(42)39-22-20-34(21-23-39)33-10-11-33)38-18-14-36(15-19-38)41-30-53-49(55-41)45-9-7-27-58(45)50(61)47(32(3)4)56-51(62)63-5/h12-23,29-33,42-45,47H,6-11,24-28H2,1-5H3,(H,52,54)(H,53,55)(H,56,62)/t42-,43-,44+,45+,47+/m1/s1. The van der Waals surface area contributed by atoms with E-state index in [9.17, 15) is 14.4 Å². The van der Waals surface area contributed by atoms with Crippen LogP contribution in [0, 0.1) is 11.8 Å². The number of anilines is 1. The largest absolute Gasteiger partial charge is 0.453 e. The average Bonchev–Trinajstić information content (AvgIpc) is 3.90. The van der Waals surface area contributed by atoms with Crippen LogP contribution in [0.3, 0.4) is 0 Å². The van der Waals surface area contributed by atoms with Gasteiger partial charge in [0, 0.05) is 25.2 Å². The smallest absolute Gasteiger partial charge is 0.407 e. The molecule has 3 aliphatic heterocycles. The van der Waals surface area contributed by atoms with Gasteiger partial charge < -0.3 is 34.7 Å². The number of nitrogens with zero attached hydrogens (tertiary/aromatic N) is 5. The number of carbonyl (C=O) groups excluding carboxylic acids is 3. The summed E-state index contributed by atoms with van der Waals surface area (Å²) in [5, 5.41) is 2.73. The number of amides is 3. The molecule has 3 saturated heterocycles. The molecule has 4 fully saturated rings. The number of hydrogen-bond donors (Lipinski definition) is 3. The fraction of sp³-hybridized carbons (Fsp3) is 0.471. The molecule has 0 bridgehead atoms. The Morgan fingerprint density at radius 2 is 1.17 bits per heavy atom. The van der Waals surface area contributed by atoms with Crippen LogP contribution >= 0.6 is 0 Å². The number of H-pyrrole nitrogens is 2. The summed E-state index contributed by atoms with van der Waals surface area (Å²) in [6, 6.07) is 26.7. The van der Waals surface area contributed by atoms with Gasteiger partial charge in [-0.15, -0.1) is 0 Å². The van der Waals surface area contributed by atoms with Crippen molar-refractivity contribution in [2.45, 2.75) is 122 Å². The molecule has 3 aromatic carbocycles. The van der Waals surface area contributed by atoms with Crippen LogP contribution in [0.2, 0.25) is 0 Å². The minimum atomic E-state index is -0.678. The molecule has 3 N–H and O–H groups in total. The summed E-state index contributed by atoms with van der Waals surface area (Å²) in [5.74, 6) is 2.67. The molecule has 5 aromatic rings. The Bertz CT molecular complexity index is 2380. The molecule has 1 aliphatic carbocycles. The quantitative estimate of drug-likeness (QED) is 0.107. The van der Waals surface area contributed by atoms with Crippen molar-refractivity contribution in [3.63, 3.8) is 0 Å². The van der Waals surface area contributed by atoms with Crippen LogP contribution in [0.25, 0.3) is 22.5 Å². The fourth-order valence-corrected chi connectivity index (χ4v) is 10.2. The topological polar surface area (TPSA) is 140 Å². The average molecular weight is 851 g/mol. The van der Waals surface area contributed by atoms with Gasteiger partial charge in [-0.25, -0.2) is 14.8 Å². The van der Waals surface area contributed by atoms with E-state index in [1.165, 1.54) is 42.3 Å². The number of hydrogen-bond acceptors (Lipinski definition) is 7. The van der Waals surface area contributed by atoms with Crippen LogP contribution in [0.5, 0.6) is 0 Å². The van der Waals surface area contributed by atoms with Crippen molar-refractivity contribution in [2.75, 3.05) is 25.1 Å². The molecule has 330 valence electrons. The van der Waals surface area contributed by atoms with Crippen LogP contribution in [0.4, 0.5) is 10.5 Å². The normalized spacial score (nSPS) is 21.7. The second-order valence-corrected chi connectivity index (χ2v) is 18.9. The highest BCUT2D eigenvalue weighted by Gasteiger charge is 2.39. The highest BCUT2D eigenvalue weighted by atomic mass is 16.5. The van der Waals surface area contributed by atoms with Crippen LogP contribution < -0.4 is 10.2 Å². The highest BCUT2D eigenvalue weighted by Crippen LogP contribution is 2.48. The van der Waals surface area contributed by atoms with Crippen molar-refractivity contribution >= 4 is 23.6 Å².